The molecule has 1 atom stereocenters. The standard InChI is InChI=1S/C24H37O6P/c1-21(2,3)24(15-19(25)26,22(4,5)6)18(20(27)28)16-31(29,30-23(7,8)9)17-13-11-10-12-14-17/h10-14,16H,15H2,1-9H3,(H,25,26)(H,27,28). The fourth-order valence-corrected chi connectivity index (χ4v) is 6.88. The Balaban J connectivity index is 4.09. The van der Waals surface area contributed by atoms with Gasteiger partial charge in [-0.3, -0.25) is 9.36 Å². The lowest BCUT2D eigenvalue weighted by Gasteiger charge is -2.53. The van der Waals surface area contributed by atoms with Crippen LogP contribution < -0.4 is 5.30 Å². The summed E-state index contributed by atoms with van der Waals surface area (Å²) in [6.07, 6.45) is -0.428. The molecular weight excluding hydrogens is 415 g/mol. The molecular formula is C24H37O6P. The van der Waals surface area contributed by atoms with Crippen molar-refractivity contribution in [3.8, 4) is 0 Å². The summed E-state index contributed by atoms with van der Waals surface area (Å²) in [4.78, 5) is 24.6. The fourth-order valence-electron chi connectivity index (χ4n) is 4.50. The van der Waals surface area contributed by atoms with Crippen molar-refractivity contribution in [3.63, 3.8) is 0 Å². The Bertz CT molecular complexity index is 865. The van der Waals surface area contributed by atoms with Gasteiger partial charge in [0.15, 0.2) is 0 Å². The normalized spacial score (nSPS) is 16.0. The SMILES string of the molecule is CC(C)(C)OP(=O)(C=C(C(=O)O)C(CC(=O)O)(C(C)(C)C)C(C)(C)C)c1ccccc1. The summed E-state index contributed by atoms with van der Waals surface area (Å²) in [6, 6.07) is 8.46. The van der Waals surface area contributed by atoms with Gasteiger partial charge in [0.05, 0.1) is 17.6 Å². The van der Waals surface area contributed by atoms with Crippen LogP contribution in [-0.4, -0.2) is 27.8 Å². The predicted octanol–water partition coefficient (Wildman–Crippen LogP) is 5.93. The highest BCUT2D eigenvalue weighted by atomic mass is 31.2. The highest BCUT2D eigenvalue weighted by Gasteiger charge is 2.57. The first kappa shape index (κ1) is 27.1. The molecule has 0 radical (unpaired) electrons. The van der Waals surface area contributed by atoms with Crippen LogP contribution in [0.1, 0.15) is 68.7 Å². The van der Waals surface area contributed by atoms with E-state index in [0.29, 0.717) is 5.30 Å². The molecule has 31 heavy (non-hydrogen) atoms. The maximum Gasteiger partial charge on any atom is 0.332 e. The molecule has 0 spiro atoms. The third-order valence-corrected chi connectivity index (χ3v) is 7.93. The number of benzene rings is 1. The second-order valence-electron chi connectivity index (χ2n) is 11.0. The highest BCUT2D eigenvalue weighted by molar-refractivity contribution is 7.70. The van der Waals surface area contributed by atoms with Crippen LogP contribution in [0.4, 0.5) is 0 Å². The summed E-state index contributed by atoms with van der Waals surface area (Å²) in [5, 5.41) is 20.5. The smallest absolute Gasteiger partial charge is 0.332 e. The molecule has 0 saturated carbocycles. The third-order valence-electron chi connectivity index (χ3n) is 5.49. The topological polar surface area (TPSA) is 101 Å². The van der Waals surface area contributed by atoms with Gasteiger partial charge in [-0.2, -0.15) is 0 Å². The minimum atomic E-state index is -3.82. The molecule has 1 aromatic carbocycles. The summed E-state index contributed by atoms with van der Waals surface area (Å²) in [6.45, 7) is 16.1. The maximum absolute atomic E-state index is 14.2. The average molecular weight is 453 g/mol. The van der Waals surface area contributed by atoms with E-state index in [4.69, 9.17) is 4.52 Å². The number of hydrogen-bond acceptors (Lipinski definition) is 4. The molecule has 1 unspecified atom stereocenters. The first-order chi connectivity index (χ1) is 13.8. The van der Waals surface area contributed by atoms with Crippen molar-refractivity contribution >= 4 is 24.6 Å². The molecule has 1 aromatic rings. The van der Waals surface area contributed by atoms with Gasteiger partial charge < -0.3 is 14.7 Å². The molecule has 1 rings (SSSR count). The number of carboxylic acid groups (broad SMARTS) is 2. The molecule has 0 aromatic heterocycles. The molecule has 0 aliphatic carbocycles. The Hall–Kier alpha value is -1.91. The van der Waals surface area contributed by atoms with E-state index >= 15 is 0 Å². The first-order valence-corrected chi connectivity index (χ1v) is 12.0. The van der Waals surface area contributed by atoms with E-state index in [9.17, 15) is 24.4 Å². The molecule has 174 valence electrons. The van der Waals surface area contributed by atoms with Gasteiger partial charge in [-0.1, -0.05) is 59.7 Å². The van der Waals surface area contributed by atoms with Crippen LogP contribution in [0.2, 0.25) is 0 Å². The molecule has 0 aliphatic rings. The summed E-state index contributed by atoms with van der Waals surface area (Å²) in [5.41, 5.74) is -3.94. The average Bonchev–Trinajstić information content (AvgIpc) is 2.54. The molecule has 0 fully saturated rings. The van der Waals surface area contributed by atoms with Gasteiger partial charge in [0.2, 0.25) is 0 Å². The van der Waals surface area contributed by atoms with Crippen molar-refractivity contribution in [3.05, 3.63) is 41.7 Å². The molecule has 0 aliphatic heterocycles. The quantitative estimate of drug-likeness (QED) is 0.393. The van der Waals surface area contributed by atoms with Crippen molar-refractivity contribution in [1.82, 2.24) is 0 Å². The van der Waals surface area contributed by atoms with Gasteiger partial charge in [0.25, 0.3) is 7.37 Å². The fraction of sp³-hybridized carbons (Fsp3) is 0.583. The van der Waals surface area contributed by atoms with Gasteiger partial charge in [-0.15, -0.1) is 0 Å². The van der Waals surface area contributed by atoms with Crippen LogP contribution >= 0.6 is 7.37 Å². The van der Waals surface area contributed by atoms with Crippen LogP contribution in [0, 0.1) is 16.2 Å². The lowest BCUT2D eigenvalue weighted by atomic mass is 9.49. The van der Waals surface area contributed by atoms with Gasteiger partial charge in [-0.25, -0.2) is 4.79 Å². The maximum atomic E-state index is 14.2. The summed E-state index contributed by atoms with van der Waals surface area (Å²) < 4.78 is 20.2. The molecule has 2 N–H and O–H groups in total. The molecule has 7 heteroatoms. The lowest BCUT2D eigenvalue weighted by molar-refractivity contribution is -0.147. The van der Waals surface area contributed by atoms with E-state index in [1.54, 1.807) is 51.1 Å². The number of carboxylic acids is 2. The second kappa shape index (κ2) is 8.91. The van der Waals surface area contributed by atoms with Gasteiger partial charge in [-0.05, 0) is 43.7 Å². The summed E-state index contributed by atoms with van der Waals surface area (Å²) in [7, 11) is -3.82. The Morgan fingerprint density at radius 3 is 1.68 bits per heavy atom. The first-order valence-electron chi connectivity index (χ1n) is 10.3. The lowest BCUT2D eigenvalue weighted by Crippen LogP contribution is -2.51. The van der Waals surface area contributed by atoms with Gasteiger partial charge in [0, 0.05) is 16.5 Å². The van der Waals surface area contributed by atoms with Crippen LogP contribution in [0.5, 0.6) is 0 Å². The van der Waals surface area contributed by atoms with Gasteiger partial charge >= 0.3 is 11.9 Å². The van der Waals surface area contributed by atoms with Crippen LogP contribution in [0.25, 0.3) is 0 Å². The minimum Gasteiger partial charge on any atom is -0.481 e. The Labute approximate surface area is 186 Å². The monoisotopic (exact) mass is 452 g/mol. The number of carbonyl (C=O) groups is 2. The van der Waals surface area contributed by atoms with E-state index < -0.39 is 47.6 Å². The molecule has 0 heterocycles. The molecule has 0 amide bonds. The van der Waals surface area contributed by atoms with Crippen molar-refractivity contribution in [1.29, 1.82) is 0 Å². The zero-order valence-electron chi connectivity index (χ0n) is 20.1. The van der Waals surface area contributed by atoms with Crippen LogP contribution in [-0.2, 0) is 18.7 Å². The number of aliphatic carboxylic acids is 2. The van der Waals surface area contributed by atoms with E-state index in [-0.39, 0.29) is 5.57 Å². The van der Waals surface area contributed by atoms with E-state index in [1.807, 2.05) is 41.5 Å². The third kappa shape index (κ3) is 6.08. The Morgan fingerprint density at radius 1 is 0.903 bits per heavy atom. The number of rotatable bonds is 7. The van der Waals surface area contributed by atoms with Crippen molar-refractivity contribution in [2.75, 3.05) is 0 Å². The summed E-state index contributed by atoms with van der Waals surface area (Å²) in [5.74, 6) is -1.24. The van der Waals surface area contributed by atoms with E-state index in [0.717, 1.165) is 0 Å². The van der Waals surface area contributed by atoms with Crippen LogP contribution in [0.15, 0.2) is 41.7 Å². The Morgan fingerprint density at radius 2 is 1.35 bits per heavy atom. The van der Waals surface area contributed by atoms with Crippen LogP contribution in [0.3, 0.4) is 0 Å². The molecule has 0 bridgehead atoms. The van der Waals surface area contributed by atoms with E-state index in [1.165, 1.54) is 5.82 Å². The van der Waals surface area contributed by atoms with Crippen molar-refractivity contribution < 1.29 is 28.9 Å². The zero-order chi connectivity index (χ0) is 24.5. The highest BCUT2D eigenvalue weighted by Crippen LogP contribution is 2.62. The van der Waals surface area contributed by atoms with E-state index in [2.05, 4.69) is 0 Å². The number of hydrogen-bond donors (Lipinski definition) is 2. The summed E-state index contributed by atoms with van der Waals surface area (Å²) >= 11 is 0. The second-order valence-corrected chi connectivity index (χ2v) is 13.1. The minimum absolute atomic E-state index is 0.202. The molecule has 0 saturated heterocycles. The Kier molecular flexibility index (Phi) is 7.80. The predicted molar refractivity (Wildman–Crippen MR) is 124 cm³/mol. The largest absolute Gasteiger partial charge is 0.481 e. The van der Waals surface area contributed by atoms with Gasteiger partial charge in [0.1, 0.15) is 0 Å². The zero-order valence-corrected chi connectivity index (χ0v) is 21.0. The molecule has 6 nitrogen and oxygen atoms in total. The van der Waals surface area contributed by atoms with Crippen molar-refractivity contribution in [2.24, 2.45) is 16.2 Å². The van der Waals surface area contributed by atoms with Crippen molar-refractivity contribution in [2.45, 2.75) is 74.3 Å².